The van der Waals surface area contributed by atoms with E-state index in [0.717, 1.165) is 10.8 Å². The summed E-state index contributed by atoms with van der Waals surface area (Å²) in [6.07, 6.45) is 0. The van der Waals surface area contributed by atoms with Crippen molar-refractivity contribution >= 4 is 39.3 Å². The van der Waals surface area contributed by atoms with Gasteiger partial charge in [-0.2, -0.15) is 0 Å². The van der Waals surface area contributed by atoms with Gasteiger partial charge in [0.05, 0.1) is 23.7 Å². The number of carbonyl (C=O) groups excluding carboxylic acids is 2. The summed E-state index contributed by atoms with van der Waals surface area (Å²) in [5.74, 6) is -0.515. The number of methoxy groups -OCH3 is 1. The van der Waals surface area contributed by atoms with Gasteiger partial charge in [0.1, 0.15) is 11.3 Å². The number of anilines is 1. The molecule has 0 saturated carbocycles. The molecule has 0 fully saturated rings. The van der Waals surface area contributed by atoms with Gasteiger partial charge in [-0.15, -0.1) is 0 Å². The second-order valence-corrected chi connectivity index (χ2v) is 6.84. The van der Waals surface area contributed by atoms with Crippen LogP contribution in [0.3, 0.4) is 0 Å². The summed E-state index contributed by atoms with van der Waals surface area (Å²) in [6.45, 7) is -0.269. The summed E-state index contributed by atoms with van der Waals surface area (Å²) in [5, 5.41) is 2.07. The Kier molecular flexibility index (Phi) is 5.41. The van der Waals surface area contributed by atoms with Gasteiger partial charge in [0, 0.05) is 18.5 Å². The highest BCUT2D eigenvalue weighted by atomic mass is 16.5. The van der Waals surface area contributed by atoms with E-state index in [-0.39, 0.29) is 18.1 Å². The van der Waals surface area contributed by atoms with Crippen LogP contribution in [0.4, 0.5) is 5.69 Å². The molecule has 0 N–H and O–H groups in total. The van der Waals surface area contributed by atoms with E-state index in [2.05, 4.69) is 0 Å². The third kappa shape index (κ3) is 3.85. The molecule has 0 atom stereocenters. The van der Waals surface area contributed by atoms with E-state index in [4.69, 9.17) is 13.9 Å². The number of hydrogen-bond acceptors (Lipinski definition) is 6. The van der Waals surface area contributed by atoms with Crippen molar-refractivity contribution in [2.45, 2.75) is 0 Å². The molecular formula is C24H19NO6. The predicted molar refractivity (Wildman–Crippen MR) is 117 cm³/mol. The lowest BCUT2D eigenvalue weighted by molar-refractivity contribution is -0.120. The molecule has 7 heteroatoms. The summed E-state index contributed by atoms with van der Waals surface area (Å²) in [6, 6.07) is 18.9. The van der Waals surface area contributed by atoms with Crippen LogP contribution in [-0.4, -0.2) is 32.6 Å². The fourth-order valence-electron chi connectivity index (χ4n) is 3.38. The molecule has 1 aromatic heterocycles. The van der Waals surface area contributed by atoms with Gasteiger partial charge in [0.25, 0.3) is 5.91 Å². The molecule has 0 unspecified atom stereocenters. The maximum Gasteiger partial charge on any atom is 0.344 e. The van der Waals surface area contributed by atoms with Gasteiger partial charge >= 0.3 is 11.6 Å². The highest BCUT2D eigenvalue weighted by Crippen LogP contribution is 2.26. The molecule has 0 aliphatic heterocycles. The van der Waals surface area contributed by atoms with Crippen molar-refractivity contribution in [1.82, 2.24) is 0 Å². The number of ether oxygens (including phenoxy) is 2. The standard InChI is InChI=1S/C24H19NO6/c1-25(20-10-6-5-9-19(20)23(27)29-2)22(26)14-30-15-11-12-17-16-7-3-4-8-18(16)24(28)31-21(17)13-15/h3-13H,14H2,1-2H3. The Morgan fingerprint density at radius 1 is 0.935 bits per heavy atom. The van der Waals surface area contributed by atoms with Crippen LogP contribution in [0.2, 0.25) is 0 Å². The van der Waals surface area contributed by atoms with Crippen molar-refractivity contribution in [3.8, 4) is 5.75 Å². The Labute approximate surface area is 177 Å². The molecule has 0 aliphatic carbocycles. The number of para-hydroxylation sites is 1. The number of fused-ring (bicyclic) bond motifs is 3. The van der Waals surface area contributed by atoms with Crippen LogP contribution in [0.5, 0.6) is 5.75 Å². The number of amides is 1. The first-order chi connectivity index (χ1) is 15.0. The lowest BCUT2D eigenvalue weighted by Crippen LogP contribution is -2.32. The second-order valence-electron chi connectivity index (χ2n) is 6.84. The minimum atomic E-state index is -0.534. The predicted octanol–water partition coefficient (Wildman–Crippen LogP) is 3.77. The van der Waals surface area contributed by atoms with Gasteiger partial charge in [-0.3, -0.25) is 4.79 Å². The largest absolute Gasteiger partial charge is 0.484 e. The number of carbonyl (C=O) groups is 2. The number of hydrogen-bond donors (Lipinski definition) is 0. The van der Waals surface area contributed by atoms with E-state index in [1.54, 1.807) is 61.6 Å². The quantitative estimate of drug-likeness (QED) is 0.279. The average molecular weight is 417 g/mol. The summed E-state index contributed by atoms with van der Waals surface area (Å²) in [4.78, 5) is 38.2. The Hall–Kier alpha value is -4.13. The fraction of sp³-hybridized carbons (Fsp3) is 0.125. The normalized spacial score (nSPS) is 10.8. The minimum absolute atomic E-state index is 0.269. The zero-order valence-electron chi connectivity index (χ0n) is 17.0. The first kappa shape index (κ1) is 20.2. The molecule has 7 nitrogen and oxygen atoms in total. The van der Waals surface area contributed by atoms with Gasteiger partial charge in [0.15, 0.2) is 6.61 Å². The van der Waals surface area contributed by atoms with E-state index >= 15 is 0 Å². The molecule has 0 spiro atoms. The van der Waals surface area contributed by atoms with Gasteiger partial charge in [-0.25, -0.2) is 9.59 Å². The zero-order valence-corrected chi connectivity index (χ0v) is 17.0. The first-order valence-corrected chi connectivity index (χ1v) is 9.52. The number of nitrogens with zero attached hydrogens (tertiary/aromatic N) is 1. The van der Waals surface area contributed by atoms with Crippen molar-refractivity contribution < 1.29 is 23.5 Å². The highest BCUT2D eigenvalue weighted by Gasteiger charge is 2.19. The molecule has 3 aromatic carbocycles. The third-order valence-electron chi connectivity index (χ3n) is 5.00. The van der Waals surface area contributed by atoms with Crippen LogP contribution < -0.4 is 15.3 Å². The molecule has 156 valence electrons. The van der Waals surface area contributed by atoms with E-state index in [9.17, 15) is 14.4 Å². The topological polar surface area (TPSA) is 86.1 Å². The summed E-state index contributed by atoms with van der Waals surface area (Å²) < 4.78 is 15.8. The maximum absolute atomic E-state index is 12.6. The van der Waals surface area contributed by atoms with Crippen molar-refractivity contribution in [2.24, 2.45) is 0 Å². The Morgan fingerprint density at radius 2 is 1.65 bits per heavy atom. The van der Waals surface area contributed by atoms with Crippen molar-refractivity contribution in [3.63, 3.8) is 0 Å². The third-order valence-corrected chi connectivity index (χ3v) is 5.00. The number of esters is 1. The molecular weight excluding hydrogens is 398 g/mol. The average Bonchev–Trinajstić information content (AvgIpc) is 2.81. The summed E-state index contributed by atoms with van der Waals surface area (Å²) in [5.41, 5.74) is 0.632. The van der Waals surface area contributed by atoms with Crippen LogP contribution in [-0.2, 0) is 9.53 Å². The van der Waals surface area contributed by atoms with Crippen LogP contribution in [0.15, 0.2) is 75.9 Å². The van der Waals surface area contributed by atoms with Gasteiger partial charge in [-0.1, -0.05) is 30.3 Å². The molecule has 0 bridgehead atoms. The highest BCUT2D eigenvalue weighted by molar-refractivity contribution is 6.05. The first-order valence-electron chi connectivity index (χ1n) is 9.52. The van der Waals surface area contributed by atoms with E-state index in [1.165, 1.54) is 12.0 Å². The molecule has 31 heavy (non-hydrogen) atoms. The van der Waals surface area contributed by atoms with Crippen molar-refractivity contribution in [2.75, 3.05) is 25.7 Å². The molecule has 0 saturated heterocycles. The molecule has 4 rings (SSSR count). The lowest BCUT2D eigenvalue weighted by Gasteiger charge is -2.20. The van der Waals surface area contributed by atoms with Crippen LogP contribution >= 0.6 is 0 Å². The summed E-state index contributed by atoms with van der Waals surface area (Å²) in [7, 11) is 2.84. The number of likely N-dealkylation sites (N-methyl/N-ethyl adjacent to an activating group) is 1. The van der Waals surface area contributed by atoms with Crippen LogP contribution in [0, 0.1) is 0 Å². The Morgan fingerprint density at radius 3 is 2.42 bits per heavy atom. The SMILES string of the molecule is COC(=O)c1ccccc1N(C)C(=O)COc1ccc2c(c1)oc(=O)c1ccccc12. The Balaban J connectivity index is 1.55. The molecule has 1 amide bonds. The monoisotopic (exact) mass is 417 g/mol. The molecule has 0 aliphatic rings. The fourth-order valence-corrected chi connectivity index (χ4v) is 3.38. The second kappa shape index (κ2) is 8.31. The Bertz CT molecular complexity index is 1360. The number of benzene rings is 3. The van der Waals surface area contributed by atoms with Crippen molar-refractivity contribution in [1.29, 1.82) is 0 Å². The van der Waals surface area contributed by atoms with E-state index in [1.807, 2.05) is 12.1 Å². The zero-order chi connectivity index (χ0) is 22.0. The van der Waals surface area contributed by atoms with E-state index < -0.39 is 11.6 Å². The van der Waals surface area contributed by atoms with Crippen LogP contribution in [0.25, 0.3) is 21.7 Å². The maximum atomic E-state index is 12.6. The molecule has 4 aromatic rings. The van der Waals surface area contributed by atoms with Gasteiger partial charge in [0.2, 0.25) is 0 Å². The minimum Gasteiger partial charge on any atom is -0.484 e. The van der Waals surface area contributed by atoms with Gasteiger partial charge in [-0.05, 0) is 35.7 Å². The lowest BCUT2D eigenvalue weighted by atomic mass is 10.1. The van der Waals surface area contributed by atoms with E-state index in [0.29, 0.717) is 22.4 Å². The number of rotatable bonds is 5. The van der Waals surface area contributed by atoms with Crippen molar-refractivity contribution in [3.05, 3.63) is 82.7 Å². The molecule has 0 radical (unpaired) electrons. The van der Waals surface area contributed by atoms with Gasteiger partial charge < -0.3 is 18.8 Å². The molecule has 1 heterocycles. The summed E-state index contributed by atoms with van der Waals surface area (Å²) >= 11 is 0. The smallest absolute Gasteiger partial charge is 0.344 e. The van der Waals surface area contributed by atoms with Crippen LogP contribution in [0.1, 0.15) is 10.4 Å².